The van der Waals surface area contributed by atoms with Crippen LogP contribution in [0, 0.1) is 6.92 Å². The fraction of sp³-hybridized carbons (Fsp3) is 0.235. The van der Waals surface area contributed by atoms with E-state index in [4.69, 9.17) is 16.3 Å². The summed E-state index contributed by atoms with van der Waals surface area (Å²) >= 11 is 5.85. The van der Waals surface area contributed by atoms with Gasteiger partial charge in [-0.05, 0) is 43.7 Å². The maximum atomic E-state index is 12.4. The van der Waals surface area contributed by atoms with Crippen molar-refractivity contribution in [2.45, 2.75) is 20.3 Å². The Hall–Kier alpha value is -1.80. The molecule has 0 aliphatic heterocycles. The van der Waals surface area contributed by atoms with Gasteiger partial charge in [0.15, 0.2) is 5.78 Å². The molecule has 0 aliphatic carbocycles. The summed E-state index contributed by atoms with van der Waals surface area (Å²) < 4.78 is 5.53. The number of ether oxygens (including phenoxy) is 1. The molecule has 0 saturated carbocycles. The second-order valence-corrected chi connectivity index (χ2v) is 5.10. The predicted octanol–water partition coefficient (Wildman–Crippen LogP) is 4.47. The molecular weight excluding hydrogens is 272 g/mol. The van der Waals surface area contributed by atoms with Crippen molar-refractivity contribution in [3.8, 4) is 5.75 Å². The smallest absolute Gasteiger partial charge is 0.170 e. The molecule has 0 atom stereocenters. The van der Waals surface area contributed by atoms with Gasteiger partial charge in [-0.15, -0.1) is 0 Å². The van der Waals surface area contributed by atoms with Crippen molar-refractivity contribution in [1.82, 2.24) is 0 Å². The summed E-state index contributed by atoms with van der Waals surface area (Å²) in [4.78, 5) is 12.4. The molecule has 0 bridgehead atoms. The Labute approximate surface area is 124 Å². The van der Waals surface area contributed by atoms with Crippen molar-refractivity contribution in [2.75, 3.05) is 6.61 Å². The van der Waals surface area contributed by atoms with Crippen LogP contribution in [0.4, 0.5) is 0 Å². The minimum absolute atomic E-state index is 0.0551. The number of carbonyl (C=O) groups is 1. The van der Waals surface area contributed by atoms with Crippen LogP contribution in [-0.4, -0.2) is 12.4 Å². The second kappa shape index (κ2) is 6.58. The molecule has 0 N–H and O–H groups in total. The molecule has 3 heteroatoms. The first-order chi connectivity index (χ1) is 9.60. The number of ketones is 1. The van der Waals surface area contributed by atoms with Gasteiger partial charge >= 0.3 is 0 Å². The number of carbonyl (C=O) groups excluding carboxylic acids is 1. The van der Waals surface area contributed by atoms with Gasteiger partial charge in [0.2, 0.25) is 0 Å². The third kappa shape index (κ3) is 3.61. The van der Waals surface area contributed by atoms with E-state index in [1.165, 1.54) is 0 Å². The fourth-order valence-electron chi connectivity index (χ4n) is 2.03. The van der Waals surface area contributed by atoms with Gasteiger partial charge in [0.25, 0.3) is 0 Å². The van der Waals surface area contributed by atoms with E-state index in [1.54, 1.807) is 12.1 Å². The summed E-state index contributed by atoms with van der Waals surface area (Å²) in [6, 6.07) is 13.0. The lowest BCUT2D eigenvalue weighted by Crippen LogP contribution is -2.07. The van der Waals surface area contributed by atoms with E-state index in [0.29, 0.717) is 29.4 Å². The maximum absolute atomic E-state index is 12.4. The third-order valence-corrected chi connectivity index (χ3v) is 3.27. The van der Waals surface area contributed by atoms with Crippen molar-refractivity contribution in [2.24, 2.45) is 0 Å². The number of hydrogen-bond acceptors (Lipinski definition) is 2. The average Bonchev–Trinajstić information content (AvgIpc) is 2.43. The summed E-state index contributed by atoms with van der Waals surface area (Å²) in [6.07, 6.45) is 0.348. The largest absolute Gasteiger partial charge is 0.493 e. The topological polar surface area (TPSA) is 26.3 Å². The summed E-state index contributed by atoms with van der Waals surface area (Å²) in [7, 11) is 0. The van der Waals surface area contributed by atoms with Crippen LogP contribution < -0.4 is 4.74 Å². The highest BCUT2D eigenvalue weighted by molar-refractivity contribution is 6.30. The Morgan fingerprint density at radius 1 is 1.15 bits per heavy atom. The lowest BCUT2D eigenvalue weighted by atomic mass is 10.0. The minimum Gasteiger partial charge on any atom is -0.493 e. The highest BCUT2D eigenvalue weighted by Gasteiger charge is 2.13. The first-order valence-electron chi connectivity index (χ1n) is 6.61. The summed E-state index contributed by atoms with van der Waals surface area (Å²) in [5.74, 6) is 0.705. The lowest BCUT2D eigenvalue weighted by molar-refractivity contribution is 0.0989. The first kappa shape index (κ1) is 14.6. The van der Waals surface area contributed by atoms with Gasteiger partial charge in [0.05, 0.1) is 12.2 Å². The molecule has 0 amide bonds. The van der Waals surface area contributed by atoms with Gasteiger partial charge in [-0.2, -0.15) is 0 Å². The number of halogens is 1. The molecule has 0 aromatic heterocycles. The number of benzene rings is 2. The van der Waals surface area contributed by atoms with Crippen LogP contribution in [-0.2, 0) is 6.42 Å². The molecule has 0 radical (unpaired) electrons. The van der Waals surface area contributed by atoms with Crippen LogP contribution in [0.15, 0.2) is 42.5 Å². The fourth-order valence-corrected chi connectivity index (χ4v) is 2.15. The van der Waals surface area contributed by atoms with Crippen LogP contribution in [0.25, 0.3) is 0 Å². The summed E-state index contributed by atoms with van der Waals surface area (Å²) in [5.41, 5.74) is 2.64. The molecule has 0 unspecified atom stereocenters. The van der Waals surface area contributed by atoms with Crippen LogP contribution >= 0.6 is 11.6 Å². The molecule has 0 aliphatic rings. The second-order valence-electron chi connectivity index (χ2n) is 4.66. The molecular formula is C17H17ClO2. The molecule has 0 spiro atoms. The van der Waals surface area contributed by atoms with E-state index in [0.717, 1.165) is 11.1 Å². The third-order valence-electron chi connectivity index (χ3n) is 3.01. The molecule has 2 rings (SSSR count). The van der Waals surface area contributed by atoms with Crippen LogP contribution in [0.1, 0.15) is 28.4 Å². The van der Waals surface area contributed by atoms with Crippen LogP contribution in [0.2, 0.25) is 5.02 Å². The predicted molar refractivity (Wildman–Crippen MR) is 81.8 cm³/mol. The Morgan fingerprint density at radius 3 is 2.50 bits per heavy atom. The maximum Gasteiger partial charge on any atom is 0.170 e. The quantitative estimate of drug-likeness (QED) is 0.759. The summed E-state index contributed by atoms with van der Waals surface area (Å²) in [6.45, 7) is 4.42. The van der Waals surface area contributed by atoms with Crippen molar-refractivity contribution in [3.63, 3.8) is 0 Å². The number of rotatable bonds is 5. The lowest BCUT2D eigenvalue weighted by Gasteiger charge is -2.10. The minimum atomic E-state index is 0.0551. The van der Waals surface area contributed by atoms with E-state index in [-0.39, 0.29) is 5.78 Å². The molecule has 104 valence electrons. The molecule has 2 aromatic carbocycles. The van der Waals surface area contributed by atoms with E-state index >= 15 is 0 Å². The van der Waals surface area contributed by atoms with Crippen molar-refractivity contribution < 1.29 is 9.53 Å². The highest BCUT2D eigenvalue weighted by atomic mass is 35.5. The molecule has 0 saturated heterocycles. The monoisotopic (exact) mass is 288 g/mol. The van der Waals surface area contributed by atoms with Crippen LogP contribution in [0.3, 0.4) is 0 Å². The van der Waals surface area contributed by atoms with Crippen molar-refractivity contribution in [3.05, 3.63) is 64.2 Å². The summed E-state index contributed by atoms with van der Waals surface area (Å²) in [5, 5.41) is 0.673. The van der Waals surface area contributed by atoms with Gasteiger partial charge in [0.1, 0.15) is 5.75 Å². The van der Waals surface area contributed by atoms with Gasteiger partial charge in [-0.3, -0.25) is 4.79 Å². The zero-order valence-electron chi connectivity index (χ0n) is 11.7. The molecule has 2 nitrogen and oxygen atoms in total. The van der Waals surface area contributed by atoms with E-state index in [2.05, 4.69) is 0 Å². The highest BCUT2D eigenvalue weighted by Crippen LogP contribution is 2.22. The SMILES string of the molecule is CCOc1ccc(C)cc1C(=O)Cc1ccc(Cl)cc1. The normalized spacial score (nSPS) is 10.3. The Balaban J connectivity index is 2.23. The molecule has 0 fully saturated rings. The zero-order chi connectivity index (χ0) is 14.5. The van der Waals surface area contributed by atoms with Crippen LogP contribution in [0.5, 0.6) is 5.75 Å². The van der Waals surface area contributed by atoms with E-state index in [9.17, 15) is 4.79 Å². The average molecular weight is 289 g/mol. The Kier molecular flexibility index (Phi) is 4.80. The standard InChI is InChI=1S/C17H17ClO2/c1-3-20-17-9-4-12(2)10-15(17)16(19)11-13-5-7-14(18)8-6-13/h4-10H,3,11H2,1-2H3. The van der Waals surface area contributed by atoms with Gasteiger partial charge < -0.3 is 4.74 Å². The Bertz CT molecular complexity index is 603. The van der Waals surface area contributed by atoms with E-state index < -0.39 is 0 Å². The number of hydrogen-bond donors (Lipinski definition) is 0. The molecule has 0 heterocycles. The Morgan fingerprint density at radius 2 is 1.85 bits per heavy atom. The van der Waals surface area contributed by atoms with Gasteiger partial charge in [-0.1, -0.05) is 35.4 Å². The molecule has 20 heavy (non-hydrogen) atoms. The first-order valence-corrected chi connectivity index (χ1v) is 6.99. The zero-order valence-corrected chi connectivity index (χ0v) is 12.4. The molecule has 2 aromatic rings. The van der Waals surface area contributed by atoms with E-state index in [1.807, 2.05) is 44.2 Å². The van der Waals surface area contributed by atoms with Gasteiger partial charge in [-0.25, -0.2) is 0 Å². The van der Waals surface area contributed by atoms with Crippen molar-refractivity contribution >= 4 is 17.4 Å². The number of Topliss-reactive ketones (excluding diaryl/α,β-unsaturated/α-hetero) is 1. The van der Waals surface area contributed by atoms with Gasteiger partial charge in [0, 0.05) is 11.4 Å². The number of aryl methyl sites for hydroxylation is 1. The van der Waals surface area contributed by atoms with Crippen molar-refractivity contribution in [1.29, 1.82) is 0 Å².